The first kappa shape index (κ1) is 10.9. The molecule has 2 N–H and O–H groups in total. The first-order valence-electron chi connectivity index (χ1n) is 5.23. The smallest absolute Gasteiger partial charge is 0.180 e. The Morgan fingerprint density at radius 3 is 2.93 bits per heavy atom. The normalized spacial score (nSPS) is 18.5. The van der Waals surface area contributed by atoms with Crippen LogP contribution in [0.4, 0.5) is 5.13 Å². The molecule has 1 aromatic heterocycles. The van der Waals surface area contributed by atoms with Crippen molar-refractivity contribution in [1.29, 1.82) is 0 Å². The van der Waals surface area contributed by atoms with Gasteiger partial charge in [-0.1, -0.05) is 0 Å². The fourth-order valence-corrected chi connectivity index (χ4v) is 2.46. The molecule has 2 rings (SSSR count). The molecule has 1 fully saturated rings. The van der Waals surface area contributed by atoms with E-state index < -0.39 is 0 Å². The maximum Gasteiger partial charge on any atom is 0.180 e. The Hall–Kier alpha value is -0.650. The molecule has 1 aromatic rings. The summed E-state index contributed by atoms with van der Waals surface area (Å²) in [7, 11) is 2.14. The maximum atomic E-state index is 5.60. The zero-order chi connectivity index (χ0) is 10.7. The highest BCUT2D eigenvalue weighted by molar-refractivity contribution is 7.13. The lowest BCUT2D eigenvalue weighted by Crippen LogP contribution is -2.36. The number of rotatable bonds is 3. The summed E-state index contributed by atoms with van der Waals surface area (Å²) in [4.78, 5) is 6.61. The quantitative estimate of drug-likeness (QED) is 0.846. The second-order valence-corrected chi connectivity index (χ2v) is 4.83. The summed E-state index contributed by atoms with van der Waals surface area (Å²) in [6.07, 6.45) is 2.24. The van der Waals surface area contributed by atoms with E-state index in [-0.39, 0.29) is 0 Å². The Labute approximate surface area is 94.1 Å². The van der Waals surface area contributed by atoms with E-state index in [4.69, 9.17) is 10.5 Å². The standard InChI is InChI=1S/C10H17N3OS/c1-13(9-2-4-14-5-3-9)6-8-7-15-10(11)12-8/h7,9H,2-6H2,1H3,(H2,11,12). The van der Waals surface area contributed by atoms with Crippen molar-refractivity contribution in [3.05, 3.63) is 11.1 Å². The third kappa shape index (κ3) is 2.90. The molecule has 4 nitrogen and oxygen atoms in total. The van der Waals surface area contributed by atoms with Gasteiger partial charge in [0.2, 0.25) is 0 Å². The van der Waals surface area contributed by atoms with Gasteiger partial charge in [-0.2, -0.15) is 0 Å². The Morgan fingerprint density at radius 2 is 2.33 bits per heavy atom. The minimum atomic E-state index is 0.627. The Bertz CT molecular complexity index is 309. The lowest BCUT2D eigenvalue weighted by molar-refractivity contribution is 0.0404. The van der Waals surface area contributed by atoms with Gasteiger partial charge in [0, 0.05) is 31.2 Å². The van der Waals surface area contributed by atoms with E-state index in [1.807, 2.05) is 5.38 Å². The van der Waals surface area contributed by atoms with Crippen molar-refractivity contribution in [1.82, 2.24) is 9.88 Å². The monoisotopic (exact) mass is 227 g/mol. The topological polar surface area (TPSA) is 51.4 Å². The van der Waals surface area contributed by atoms with Gasteiger partial charge in [0.25, 0.3) is 0 Å². The van der Waals surface area contributed by atoms with Crippen LogP contribution in [0.1, 0.15) is 18.5 Å². The van der Waals surface area contributed by atoms with E-state index in [1.165, 1.54) is 11.3 Å². The minimum absolute atomic E-state index is 0.627. The number of ether oxygens (including phenoxy) is 1. The third-order valence-electron chi connectivity index (χ3n) is 2.80. The first-order valence-corrected chi connectivity index (χ1v) is 6.11. The van der Waals surface area contributed by atoms with Crippen molar-refractivity contribution in [2.45, 2.75) is 25.4 Å². The molecule has 15 heavy (non-hydrogen) atoms. The second kappa shape index (κ2) is 4.92. The summed E-state index contributed by atoms with van der Waals surface area (Å²) >= 11 is 1.51. The Morgan fingerprint density at radius 1 is 1.60 bits per heavy atom. The lowest BCUT2D eigenvalue weighted by atomic mass is 10.1. The predicted molar refractivity (Wildman–Crippen MR) is 61.8 cm³/mol. The fraction of sp³-hybridized carbons (Fsp3) is 0.700. The molecule has 1 aliphatic rings. The van der Waals surface area contributed by atoms with E-state index in [0.717, 1.165) is 38.3 Å². The molecule has 84 valence electrons. The molecule has 0 radical (unpaired) electrons. The van der Waals surface area contributed by atoms with Crippen LogP contribution in [0.5, 0.6) is 0 Å². The molecule has 0 amide bonds. The molecular weight excluding hydrogens is 210 g/mol. The van der Waals surface area contributed by atoms with Crippen LogP contribution in [0.15, 0.2) is 5.38 Å². The first-order chi connectivity index (χ1) is 7.25. The van der Waals surface area contributed by atoms with Crippen molar-refractivity contribution in [2.24, 2.45) is 0 Å². The van der Waals surface area contributed by atoms with Gasteiger partial charge in [-0.3, -0.25) is 4.90 Å². The molecule has 5 heteroatoms. The van der Waals surface area contributed by atoms with Crippen molar-refractivity contribution in [2.75, 3.05) is 26.0 Å². The number of aromatic nitrogens is 1. The van der Waals surface area contributed by atoms with Gasteiger partial charge >= 0.3 is 0 Å². The maximum absolute atomic E-state index is 5.60. The van der Waals surface area contributed by atoms with Gasteiger partial charge in [-0.05, 0) is 19.9 Å². The third-order valence-corrected chi connectivity index (χ3v) is 3.52. The molecule has 2 heterocycles. The second-order valence-electron chi connectivity index (χ2n) is 3.94. The number of nitrogen functional groups attached to an aromatic ring is 1. The van der Waals surface area contributed by atoms with Gasteiger partial charge in [0.1, 0.15) is 0 Å². The van der Waals surface area contributed by atoms with Crippen molar-refractivity contribution in [3.63, 3.8) is 0 Å². The predicted octanol–water partition coefficient (Wildman–Crippen LogP) is 1.34. The number of hydrogen-bond acceptors (Lipinski definition) is 5. The average molecular weight is 227 g/mol. The molecule has 1 saturated heterocycles. The number of thiazole rings is 1. The van der Waals surface area contributed by atoms with Crippen LogP contribution in [-0.4, -0.2) is 36.2 Å². The summed E-state index contributed by atoms with van der Waals surface area (Å²) in [6, 6.07) is 0.627. The fourth-order valence-electron chi connectivity index (χ4n) is 1.91. The summed E-state index contributed by atoms with van der Waals surface area (Å²) in [5.41, 5.74) is 6.68. The van der Waals surface area contributed by atoms with Crippen molar-refractivity contribution >= 4 is 16.5 Å². The number of anilines is 1. The molecule has 0 bridgehead atoms. The molecule has 0 aliphatic carbocycles. The van der Waals surface area contributed by atoms with E-state index in [1.54, 1.807) is 0 Å². The van der Waals surface area contributed by atoms with E-state index in [0.29, 0.717) is 11.2 Å². The molecule has 0 saturated carbocycles. The van der Waals surface area contributed by atoms with Crippen molar-refractivity contribution < 1.29 is 4.74 Å². The molecule has 0 spiro atoms. The summed E-state index contributed by atoms with van der Waals surface area (Å²) < 4.78 is 5.34. The lowest BCUT2D eigenvalue weighted by Gasteiger charge is -2.30. The summed E-state index contributed by atoms with van der Waals surface area (Å²) in [5.74, 6) is 0. The highest BCUT2D eigenvalue weighted by atomic mass is 32.1. The molecule has 0 atom stereocenters. The van der Waals surface area contributed by atoms with Crippen LogP contribution in [0.2, 0.25) is 0 Å². The molecule has 0 unspecified atom stereocenters. The summed E-state index contributed by atoms with van der Waals surface area (Å²) in [6.45, 7) is 2.65. The van der Waals surface area contributed by atoms with Gasteiger partial charge in [0.15, 0.2) is 5.13 Å². The van der Waals surface area contributed by atoms with Crippen LogP contribution in [0.25, 0.3) is 0 Å². The number of nitrogens with zero attached hydrogens (tertiary/aromatic N) is 2. The zero-order valence-corrected chi connectivity index (χ0v) is 9.80. The molecule has 1 aliphatic heterocycles. The van der Waals surface area contributed by atoms with Crippen molar-refractivity contribution in [3.8, 4) is 0 Å². The van der Waals surface area contributed by atoms with Crippen LogP contribution in [0, 0.1) is 0 Å². The van der Waals surface area contributed by atoms with Crippen LogP contribution < -0.4 is 5.73 Å². The zero-order valence-electron chi connectivity index (χ0n) is 8.98. The van der Waals surface area contributed by atoms with E-state index in [9.17, 15) is 0 Å². The highest BCUT2D eigenvalue weighted by Crippen LogP contribution is 2.17. The minimum Gasteiger partial charge on any atom is -0.381 e. The van der Waals surface area contributed by atoms with Gasteiger partial charge in [-0.25, -0.2) is 4.98 Å². The largest absolute Gasteiger partial charge is 0.381 e. The van der Waals surface area contributed by atoms with Crippen LogP contribution >= 0.6 is 11.3 Å². The van der Waals surface area contributed by atoms with Gasteiger partial charge < -0.3 is 10.5 Å². The summed E-state index contributed by atoms with van der Waals surface area (Å²) in [5, 5.41) is 2.69. The molecular formula is C10H17N3OS. The Balaban J connectivity index is 1.88. The van der Waals surface area contributed by atoms with Gasteiger partial charge in [-0.15, -0.1) is 11.3 Å². The number of hydrogen-bond donors (Lipinski definition) is 1. The Kier molecular flexibility index (Phi) is 3.56. The molecule has 0 aromatic carbocycles. The van der Waals surface area contributed by atoms with Crippen LogP contribution in [0.3, 0.4) is 0 Å². The van der Waals surface area contributed by atoms with E-state index in [2.05, 4.69) is 16.9 Å². The van der Waals surface area contributed by atoms with Gasteiger partial charge in [0.05, 0.1) is 5.69 Å². The highest BCUT2D eigenvalue weighted by Gasteiger charge is 2.18. The average Bonchev–Trinajstić information content (AvgIpc) is 2.65. The SMILES string of the molecule is CN(Cc1csc(N)n1)C1CCOCC1. The van der Waals surface area contributed by atoms with Crippen LogP contribution in [-0.2, 0) is 11.3 Å². The van der Waals surface area contributed by atoms with E-state index >= 15 is 0 Å². The number of nitrogens with two attached hydrogens (primary N) is 1.